The first kappa shape index (κ1) is 16.2. The summed E-state index contributed by atoms with van der Waals surface area (Å²) in [5.74, 6) is 0.849. The molecule has 0 amide bonds. The van der Waals surface area contributed by atoms with E-state index in [4.69, 9.17) is 4.43 Å². The average molecular weight is 273 g/mol. The molecule has 0 aromatic carbocycles. The van der Waals surface area contributed by atoms with Gasteiger partial charge in [-0.15, -0.1) is 0 Å². The van der Waals surface area contributed by atoms with Gasteiger partial charge in [0.2, 0.25) is 0 Å². The molecule has 1 N–H and O–H groups in total. The topological polar surface area (TPSA) is 29.5 Å². The van der Waals surface area contributed by atoms with E-state index in [2.05, 4.69) is 54.6 Å². The Morgan fingerprint density at radius 1 is 1.28 bits per heavy atom. The van der Waals surface area contributed by atoms with Crippen LogP contribution in [0.15, 0.2) is 0 Å². The van der Waals surface area contributed by atoms with Crippen molar-refractivity contribution in [2.75, 3.05) is 6.61 Å². The minimum absolute atomic E-state index is 0.159. The molecule has 18 heavy (non-hydrogen) atoms. The third-order valence-corrected chi connectivity index (χ3v) is 10.3. The molecule has 1 aliphatic carbocycles. The monoisotopic (exact) mass is 272 g/mol. The number of hydrogen-bond donors (Lipinski definition) is 1. The summed E-state index contributed by atoms with van der Waals surface area (Å²) in [6.45, 7) is 18.9. The van der Waals surface area contributed by atoms with Gasteiger partial charge in [0.25, 0.3) is 0 Å². The van der Waals surface area contributed by atoms with Crippen LogP contribution in [0.25, 0.3) is 0 Å². The highest BCUT2D eigenvalue weighted by Gasteiger charge is 2.47. The van der Waals surface area contributed by atoms with Crippen molar-refractivity contribution in [3.05, 3.63) is 0 Å². The largest absolute Gasteiger partial charge is 0.417 e. The summed E-state index contributed by atoms with van der Waals surface area (Å²) in [5.41, 5.74) is 0.182. The lowest BCUT2D eigenvalue weighted by molar-refractivity contribution is 0.0929. The zero-order valence-corrected chi connectivity index (χ0v) is 14.5. The zero-order chi connectivity index (χ0) is 14.4. The highest BCUT2D eigenvalue weighted by Crippen LogP contribution is 2.48. The van der Waals surface area contributed by atoms with Crippen LogP contribution < -0.4 is 0 Å². The highest BCUT2D eigenvalue weighted by molar-refractivity contribution is 6.74. The Balaban J connectivity index is 2.66. The fourth-order valence-electron chi connectivity index (χ4n) is 2.48. The number of aliphatic hydroxyl groups excluding tert-OH is 1. The summed E-state index contributed by atoms with van der Waals surface area (Å²) < 4.78 is 6.34. The molecule has 1 saturated carbocycles. The molecule has 108 valence electrons. The van der Waals surface area contributed by atoms with Crippen LogP contribution in [-0.4, -0.2) is 26.1 Å². The van der Waals surface area contributed by atoms with Crippen LogP contribution in [0.1, 0.15) is 48.0 Å². The smallest absolute Gasteiger partial charge is 0.191 e. The summed E-state index contributed by atoms with van der Waals surface area (Å²) in [6, 6.07) is 0. The van der Waals surface area contributed by atoms with Gasteiger partial charge in [-0.1, -0.05) is 41.5 Å². The fraction of sp³-hybridized carbons (Fsp3) is 1.00. The van der Waals surface area contributed by atoms with Crippen LogP contribution in [0.4, 0.5) is 0 Å². The summed E-state index contributed by atoms with van der Waals surface area (Å²) in [4.78, 5) is 0. The van der Waals surface area contributed by atoms with Crippen LogP contribution in [0.2, 0.25) is 18.1 Å². The second kappa shape index (κ2) is 4.91. The normalized spacial score (nSPS) is 32.8. The van der Waals surface area contributed by atoms with Crippen LogP contribution in [0, 0.1) is 17.3 Å². The molecule has 0 unspecified atom stereocenters. The molecule has 1 aliphatic rings. The molecular weight excluding hydrogens is 240 g/mol. The quantitative estimate of drug-likeness (QED) is 0.785. The van der Waals surface area contributed by atoms with Gasteiger partial charge in [0.05, 0.1) is 6.10 Å². The Morgan fingerprint density at radius 3 is 2.11 bits per heavy atom. The van der Waals surface area contributed by atoms with E-state index in [1.165, 1.54) is 0 Å². The molecule has 2 nitrogen and oxygen atoms in total. The average Bonchev–Trinajstić information content (AvgIpc) is 2.37. The second-order valence-corrected chi connectivity index (χ2v) is 13.0. The second-order valence-electron chi connectivity index (χ2n) is 8.18. The van der Waals surface area contributed by atoms with E-state index >= 15 is 0 Å². The van der Waals surface area contributed by atoms with E-state index in [1.54, 1.807) is 0 Å². The lowest BCUT2D eigenvalue weighted by Crippen LogP contribution is -2.43. The Bertz CT molecular complexity index is 291. The minimum atomic E-state index is -1.66. The Morgan fingerprint density at radius 2 is 1.78 bits per heavy atom. The predicted molar refractivity (Wildman–Crippen MR) is 80.2 cm³/mol. The van der Waals surface area contributed by atoms with Gasteiger partial charge in [0, 0.05) is 6.61 Å². The highest BCUT2D eigenvalue weighted by atomic mass is 28.4. The van der Waals surface area contributed by atoms with E-state index in [0.29, 0.717) is 11.8 Å². The first-order valence-electron chi connectivity index (χ1n) is 7.21. The van der Waals surface area contributed by atoms with Crippen molar-refractivity contribution in [1.29, 1.82) is 0 Å². The van der Waals surface area contributed by atoms with Gasteiger partial charge < -0.3 is 9.53 Å². The lowest BCUT2D eigenvalue weighted by Gasteiger charge is -2.39. The molecule has 0 aromatic heterocycles. The van der Waals surface area contributed by atoms with Crippen molar-refractivity contribution in [2.24, 2.45) is 17.3 Å². The van der Waals surface area contributed by atoms with E-state index in [-0.39, 0.29) is 16.6 Å². The first-order chi connectivity index (χ1) is 7.89. The van der Waals surface area contributed by atoms with E-state index in [9.17, 15) is 5.11 Å². The molecule has 0 radical (unpaired) electrons. The molecule has 1 fully saturated rings. The Hall–Kier alpha value is 0.137. The summed E-state index contributed by atoms with van der Waals surface area (Å²) in [5, 5.41) is 10.3. The van der Waals surface area contributed by atoms with Gasteiger partial charge in [-0.3, -0.25) is 0 Å². The van der Waals surface area contributed by atoms with Gasteiger partial charge in [0.1, 0.15) is 0 Å². The van der Waals surface area contributed by atoms with Gasteiger partial charge >= 0.3 is 0 Å². The van der Waals surface area contributed by atoms with Crippen LogP contribution in [-0.2, 0) is 4.43 Å². The van der Waals surface area contributed by atoms with Gasteiger partial charge in [0.15, 0.2) is 8.32 Å². The van der Waals surface area contributed by atoms with Gasteiger partial charge in [-0.25, -0.2) is 0 Å². The molecule has 0 aromatic rings. The van der Waals surface area contributed by atoms with Crippen LogP contribution in [0.3, 0.4) is 0 Å². The molecule has 0 aliphatic heterocycles. The fourth-order valence-corrected chi connectivity index (χ4v) is 3.53. The van der Waals surface area contributed by atoms with Crippen molar-refractivity contribution >= 4 is 8.32 Å². The molecule has 3 heteroatoms. The van der Waals surface area contributed by atoms with Gasteiger partial charge in [-0.05, 0) is 41.8 Å². The Labute approximate surface area is 114 Å². The maximum absolute atomic E-state index is 10.0. The molecule has 0 spiro atoms. The van der Waals surface area contributed by atoms with E-state index in [0.717, 1.165) is 13.0 Å². The molecule has 0 bridgehead atoms. The van der Waals surface area contributed by atoms with Crippen molar-refractivity contribution in [3.8, 4) is 0 Å². The van der Waals surface area contributed by atoms with Crippen molar-refractivity contribution < 1.29 is 9.53 Å². The maximum atomic E-state index is 10.0. The van der Waals surface area contributed by atoms with E-state index in [1.807, 2.05) is 0 Å². The van der Waals surface area contributed by atoms with Crippen molar-refractivity contribution in [1.82, 2.24) is 0 Å². The predicted octanol–water partition coefficient (Wildman–Crippen LogP) is 4.05. The standard InChI is InChI=1S/C15H32O2Si/c1-11-13(16)9-12(15(11,5)6)10-17-18(7,8)14(2,3)4/h11-13,16H,9-10H2,1-8H3/t11-,12+,13+/m1/s1. The molecule has 3 atom stereocenters. The summed E-state index contributed by atoms with van der Waals surface area (Å²) >= 11 is 0. The molecule has 1 rings (SSSR count). The number of hydrogen-bond acceptors (Lipinski definition) is 2. The third-order valence-electron chi connectivity index (χ3n) is 5.78. The zero-order valence-electron chi connectivity index (χ0n) is 13.5. The Kier molecular flexibility index (Phi) is 4.42. The molecule has 0 heterocycles. The third kappa shape index (κ3) is 2.99. The molecular formula is C15H32O2Si. The first-order valence-corrected chi connectivity index (χ1v) is 10.1. The summed E-state index contributed by atoms with van der Waals surface area (Å²) in [7, 11) is -1.66. The minimum Gasteiger partial charge on any atom is -0.417 e. The van der Waals surface area contributed by atoms with Crippen LogP contribution >= 0.6 is 0 Å². The maximum Gasteiger partial charge on any atom is 0.191 e. The van der Waals surface area contributed by atoms with E-state index < -0.39 is 8.32 Å². The summed E-state index contributed by atoms with van der Waals surface area (Å²) in [6.07, 6.45) is 0.732. The number of aliphatic hydroxyl groups is 1. The van der Waals surface area contributed by atoms with Crippen molar-refractivity contribution in [3.63, 3.8) is 0 Å². The SMILES string of the molecule is C[C@@H]1[C@@H](O)C[C@@H](CO[Si](C)(C)C(C)(C)C)C1(C)C. The number of rotatable bonds is 3. The lowest BCUT2D eigenvalue weighted by atomic mass is 9.76. The van der Waals surface area contributed by atoms with Gasteiger partial charge in [-0.2, -0.15) is 0 Å². The molecule has 0 saturated heterocycles. The van der Waals surface area contributed by atoms with Crippen LogP contribution in [0.5, 0.6) is 0 Å². The van der Waals surface area contributed by atoms with Crippen molar-refractivity contribution in [2.45, 2.75) is 72.2 Å².